The number of hydrogen-bond donors (Lipinski definition) is 8. The Hall–Kier alpha value is -4.76. The smallest absolute Gasteiger partial charge is 0.243 e. The maximum atomic E-state index is 13.4. The Kier molecular flexibility index (Phi) is 21.9. The van der Waals surface area contributed by atoms with Gasteiger partial charge in [-0.2, -0.15) is 0 Å². The van der Waals surface area contributed by atoms with Crippen molar-refractivity contribution in [2.24, 2.45) is 0 Å². The normalized spacial score (nSPS) is 13.8. The van der Waals surface area contributed by atoms with Crippen LogP contribution in [0.1, 0.15) is 129 Å². The van der Waals surface area contributed by atoms with E-state index >= 15 is 0 Å². The van der Waals surface area contributed by atoms with Gasteiger partial charge in [0.25, 0.3) is 0 Å². The second-order valence-corrected chi connectivity index (χ2v) is 14.0. The van der Waals surface area contributed by atoms with Crippen molar-refractivity contribution in [1.29, 1.82) is 0 Å². The van der Waals surface area contributed by atoms with Crippen LogP contribution in [-0.4, -0.2) is 92.6 Å². The number of carbonyl (C=O) groups is 6. The van der Waals surface area contributed by atoms with Gasteiger partial charge >= 0.3 is 0 Å². The van der Waals surface area contributed by atoms with E-state index in [2.05, 4.69) is 58.8 Å². The van der Waals surface area contributed by atoms with Crippen LogP contribution in [-0.2, 0) is 41.6 Å². The van der Waals surface area contributed by atoms with Crippen LogP contribution in [0.3, 0.4) is 0 Å². The first-order chi connectivity index (χ1) is 25.9. The highest BCUT2D eigenvalue weighted by molar-refractivity contribution is 5.96. The molecule has 6 amide bonds. The minimum Gasteiger partial charge on any atom is -0.357 e. The summed E-state index contributed by atoms with van der Waals surface area (Å²) in [6, 6.07) is -5.09. The summed E-state index contributed by atoms with van der Waals surface area (Å²) in [6.45, 7) is 6.65. The second-order valence-electron chi connectivity index (χ2n) is 14.0. The molecule has 2 heterocycles. The number of nitrogens with one attached hydrogen (secondary N) is 8. The predicted octanol–water partition coefficient (Wildman–Crippen LogP) is 2.63. The summed E-state index contributed by atoms with van der Waals surface area (Å²) >= 11 is 0. The number of rotatable bonds is 28. The number of amides is 6. The molecule has 0 aromatic carbocycles. The average molecular weight is 757 g/mol. The first-order valence-electron chi connectivity index (χ1n) is 19.6. The summed E-state index contributed by atoms with van der Waals surface area (Å²) in [5.74, 6) is -3.16. The summed E-state index contributed by atoms with van der Waals surface area (Å²) < 4.78 is 0. The molecule has 54 heavy (non-hydrogen) atoms. The number of carbonyl (C=O) groups excluding carboxylic acids is 6. The van der Waals surface area contributed by atoms with Gasteiger partial charge in [0.05, 0.1) is 24.0 Å². The van der Waals surface area contributed by atoms with E-state index in [1.165, 1.54) is 98.3 Å². The molecular weight excluding hydrogens is 692 g/mol. The summed E-state index contributed by atoms with van der Waals surface area (Å²) in [7, 11) is 1.44. The van der Waals surface area contributed by atoms with Crippen LogP contribution >= 0.6 is 0 Å². The molecule has 0 aliphatic heterocycles. The Morgan fingerprint density at radius 1 is 0.537 bits per heavy atom. The van der Waals surface area contributed by atoms with Gasteiger partial charge in [-0.1, -0.05) is 84.0 Å². The maximum Gasteiger partial charge on any atom is 0.243 e. The highest BCUT2D eigenvalue weighted by Crippen LogP contribution is 2.13. The van der Waals surface area contributed by atoms with Gasteiger partial charge in [0.1, 0.15) is 30.2 Å². The fourth-order valence-corrected chi connectivity index (χ4v) is 5.89. The van der Waals surface area contributed by atoms with Crippen molar-refractivity contribution in [3.8, 4) is 0 Å². The third-order valence-electron chi connectivity index (χ3n) is 9.23. The molecule has 0 bridgehead atoms. The van der Waals surface area contributed by atoms with E-state index in [1.54, 1.807) is 12.4 Å². The first-order valence-corrected chi connectivity index (χ1v) is 19.6. The van der Waals surface area contributed by atoms with Gasteiger partial charge in [0.2, 0.25) is 35.4 Å². The van der Waals surface area contributed by atoms with Crippen molar-refractivity contribution in [1.82, 2.24) is 51.8 Å². The van der Waals surface area contributed by atoms with Crippen molar-refractivity contribution in [3.05, 3.63) is 36.4 Å². The zero-order valence-corrected chi connectivity index (χ0v) is 32.9. The Bertz CT molecular complexity index is 1400. The van der Waals surface area contributed by atoms with E-state index < -0.39 is 59.7 Å². The number of aromatic nitrogens is 4. The van der Waals surface area contributed by atoms with Crippen LogP contribution in [0.25, 0.3) is 0 Å². The largest absolute Gasteiger partial charge is 0.357 e. The zero-order valence-electron chi connectivity index (χ0n) is 32.9. The highest BCUT2D eigenvalue weighted by Gasteiger charge is 2.29. The molecule has 0 saturated heterocycles. The first kappa shape index (κ1) is 45.4. The van der Waals surface area contributed by atoms with Gasteiger partial charge in [-0.25, -0.2) is 9.97 Å². The van der Waals surface area contributed by atoms with Crippen LogP contribution < -0.4 is 31.9 Å². The molecule has 0 spiro atoms. The highest BCUT2D eigenvalue weighted by atomic mass is 16.2. The molecule has 2 rings (SSSR count). The Labute approximate surface area is 319 Å². The van der Waals surface area contributed by atoms with Gasteiger partial charge in [-0.3, -0.25) is 28.8 Å². The van der Waals surface area contributed by atoms with Crippen LogP contribution in [0.15, 0.2) is 25.0 Å². The van der Waals surface area contributed by atoms with E-state index in [4.69, 9.17) is 0 Å². The number of hydrogen-bond acceptors (Lipinski definition) is 8. The second kappa shape index (κ2) is 26.1. The number of H-pyrrole nitrogens is 2. The third kappa shape index (κ3) is 18.3. The quantitative estimate of drug-likeness (QED) is 0.0600. The van der Waals surface area contributed by atoms with E-state index in [9.17, 15) is 28.8 Å². The lowest BCUT2D eigenvalue weighted by atomic mass is 10.0. The molecule has 0 unspecified atom stereocenters. The summed E-state index contributed by atoms with van der Waals surface area (Å²) in [5, 5.41) is 15.6. The van der Waals surface area contributed by atoms with Crippen LogP contribution in [0.4, 0.5) is 0 Å². The Balaban J connectivity index is 1.84. The Morgan fingerprint density at radius 2 is 0.926 bits per heavy atom. The number of unbranched alkanes of at least 4 members (excludes halogenated alkanes) is 12. The maximum absolute atomic E-state index is 13.4. The summed E-state index contributed by atoms with van der Waals surface area (Å²) in [6.07, 6.45) is 22.1. The number of aromatic amines is 2. The standard InChI is InChI=1S/C38H64N10O6/c1-6-7-8-9-10-11-12-13-14-15-16-17-18-19-33(49)47-31(20-29-22-40-24-42-29)37(53)46-27(3)35(51)44-28(4)36(52)48-32(21-30-23-41-25-43-30)38(54)45-26(2)34(50)39-5/h22-28,31-32H,6-21H2,1-5H3,(H,39,50)(H,40,42)(H,41,43)(H,44,51)(H,45,54)(H,46,53)(H,47,49)(H,48,52)/t26-,27-,28-,31-,32-/m0/s1. The van der Waals surface area contributed by atoms with Crippen molar-refractivity contribution >= 4 is 35.4 Å². The third-order valence-corrected chi connectivity index (χ3v) is 9.23. The molecule has 0 fully saturated rings. The Morgan fingerprint density at radius 3 is 1.35 bits per heavy atom. The fourth-order valence-electron chi connectivity index (χ4n) is 5.89. The monoisotopic (exact) mass is 757 g/mol. The molecule has 0 saturated carbocycles. The van der Waals surface area contributed by atoms with Gasteiger partial charge in [0, 0.05) is 38.7 Å². The van der Waals surface area contributed by atoms with Crippen molar-refractivity contribution in [2.45, 2.75) is 161 Å². The lowest BCUT2D eigenvalue weighted by Crippen LogP contribution is -2.58. The molecule has 8 N–H and O–H groups in total. The summed E-state index contributed by atoms with van der Waals surface area (Å²) in [5.41, 5.74) is 1.06. The van der Waals surface area contributed by atoms with Crippen molar-refractivity contribution in [2.75, 3.05) is 7.05 Å². The molecule has 2 aromatic heterocycles. The molecule has 0 aliphatic carbocycles. The number of imidazole rings is 2. The minimum atomic E-state index is -1.10. The van der Waals surface area contributed by atoms with E-state index in [-0.39, 0.29) is 25.2 Å². The average Bonchev–Trinajstić information content (AvgIpc) is 3.87. The molecule has 2 aromatic rings. The predicted molar refractivity (Wildman–Crippen MR) is 206 cm³/mol. The molecule has 16 heteroatoms. The molecule has 0 radical (unpaired) electrons. The van der Waals surface area contributed by atoms with Crippen molar-refractivity contribution in [3.63, 3.8) is 0 Å². The van der Waals surface area contributed by atoms with Crippen LogP contribution in [0.2, 0.25) is 0 Å². The van der Waals surface area contributed by atoms with Gasteiger partial charge in [-0.15, -0.1) is 0 Å². The summed E-state index contributed by atoms with van der Waals surface area (Å²) in [4.78, 5) is 91.3. The van der Waals surface area contributed by atoms with Gasteiger partial charge in [0.15, 0.2) is 0 Å². The number of nitrogens with zero attached hydrogens (tertiary/aromatic N) is 2. The van der Waals surface area contributed by atoms with Gasteiger partial charge < -0.3 is 41.9 Å². The SMILES string of the molecule is CCCCCCCCCCCCCCCC(=O)N[C@@H](Cc1c[nH]cn1)C(=O)N[C@@H](C)C(=O)N[C@@H](C)C(=O)N[C@@H](Cc1c[nH]cn1)C(=O)N[C@@H](C)C(=O)NC. The topological polar surface area (TPSA) is 232 Å². The lowest BCUT2D eigenvalue weighted by Gasteiger charge is -2.24. The van der Waals surface area contributed by atoms with Gasteiger partial charge in [-0.05, 0) is 27.2 Å². The molecule has 5 atom stereocenters. The van der Waals surface area contributed by atoms with E-state index in [0.29, 0.717) is 11.4 Å². The van der Waals surface area contributed by atoms with Crippen LogP contribution in [0.5, 0.6) is 0 Å². The minimum absolute atomic E-state index is 0.0249. The molecular formula is C38H64N10O6. The molecule has 16 nitrogen and oxygen atoms in total. The van der Waals surface area contributed by atoms with Crippen LogP contribution in [0, 0.1) is 0 Å². The molecule has 0 aliphatic rings. The van der Waals surface area contributed by atoms with E-state index in [1.807, 2.05) is 0 Å². The van der Waals surface area contributed by atoms with Crippen molar-refractivity contribution < 1.29 is 28.8 Å². The molecule has 302 valence electrons. The zero-order chi connectivity index (χ0) is 39.7. The number of likely N-dealkylation sites (N-methyl/N-ethyl adjacent to an activating group) is 1. The van der Waals surface area contributed by atoms with E-state index in [0.717, 1.165) is 25.7 Å². The lowest BCUT2D eigenvalue weighted by molar-refractivity contribution is -0.134. The fraction of sp³-hybridized carbons (Fsp3) is 0.684.